The maximum atomic E-state index is 11.5. The number of nitrogens with two attached hydrogens (primary N) is 1. The van der Waals surface area contributed by atoms with E-state index in [0.29, 0.717) is 23.4 Å². The normalized spacial score (nSPS) is 9.50. The van der Waals surface area contributed by atoms with Gasteiger partial charge in [0.2, 0.25) is 11.8 Å². The van der Waals surface area contributed by atoms with Gasteiger partial charge < -0.3 is 11.1 Å². The van der Waals surface area contributed by atoms with Crippen molar-refractivity contribution in [3.05, 3.63) is 29.8 Å². The summed E-state index contributed by atoms with van der Waals surface area (Å²) in [6, 6.07) is 8.62. The van der Waals surface area contributed by atoms with E-state index in [2.05, 4.69) is 5.32 Å². The predicted molar refractivity (Wildman–Crippen MR) is 70.9 cm³/mol. The van der Waals surface area contributed by atoms with Crippen LogP contribution in [0.25, 0.3) is 0 Å². The number of nitrogens with one attached hydrogen (secondary N) is 1. The maximum absolute atomic E-state index is 11.5. The fourth-order valence-corrected chi connectivity index (χ4v) is 1.86. The number of nitrogens with zero attached hydrogens (tertiary/aromatic N) is 1. The first-order valence-corrected chi connectivity index (χ1v) is 6.43. The number of hydrogen-bond donors (Lipinski definition) is 2. The number of amides is 2. The van der Waals surface area contributed by atoms with Crippen molar-refractivity contribution < 1.29 is 9.59 Å². The first kappa shape index (κ1) is 14.1. The lowest BCUT2D eigenvalue weighted by Crippen LogP contribution is -2.15. The van der Waals surface area contributed by atoms with E-state index in [1.165, 1.54) is 11.8 Å². The summed E-state index contributed by atoms with van der Waals surface area (Å²) in [5, 5.41) is 11.3. The Morgan fingerprint density at radius 1 is 1.33 bits per heavy atom. The van der Waals surface area contributed by atoms with E-state index in [0.717, 1.165) is 0 Å². The second-order valence-electron chi connectivity index (χ2n) is 3.51. The summed E-state index contributed by atoms with van der Waals surface area (Å²) in [6.45, 7) is 0. The molecule has 94 valence electrons. The van der Waals surface area contributed by atoms with Crippen molar-refractivity contribution in [1.82, 2.24) is 0 Å². The van der Waals surface area contributed by atoms with E-state index in [-0.39, 0.29) is 17.6 Å². The zero-order valence-electron chi connectivity index (χ0n) is 9.68. The van der Waals surface area contributed by atoms with Crippen LogP contribution < -0.4 is 11.1 Å². The van der Waals surface area contributed by atoms with Crippen LogP contribution in [0.15, 0.2) is 24.3 Å². The van der Waals surface area contributed by atoms with Crippen LogP contribution in [0.5, 0.6) is 0 Å². The lowest BCUT2D eigenvalue weighted by atomic mass is 10.2. The molecule has 0 aliphatic heterocycles. The third-order valence-electron chi connectivity index (χ3n) is 2.02. The minimum Gasteiger partial charge on any atom is -0.369 e. The van der Waals surface area contributed by atoms with Gasteiger partial charge in [0, 0.05) is 17.9 Å². The van der Waals surface area contributed by atoms with Gasteiger partial charge in [-0.1, -0.05) is 0 Å². The summed E-state index contributed by atoms with van der Waals surface area (Å²) >= 11 is 1.33. The minimum absolute atomic E-state index is 0.128. The van der Waals surface area contributed by atoms with Gasteiger partial charge in [-0.2, -0.15) is 17.0 Å². The molecule has 0 radical (unpaired) electrons. The number of carbonyl (C=O) groups excluding carboxylic acids is 2. The molecule has 0 saturated heterocycles. The smallest absolute Gasteiger partial charge is 0.227 e. The Kier molecular flexibility index (Phi) is 5.74. The van der Waals surface area contributed by atoms with Gasteiger partial charge in [-0.3, -0.25) is 9.59 Å². The molecule has 1 rings (SSSR count). The Morgan fingerprint density at radius 3 is 2.56 bits per heavy atom. The summed E-state index contributed by atoms with van der Waals surface area (Å²) in [7, 11) is 0. The summed E-state index contributed by atoms with van der Waals surface area (Å²) in [5.74, 6) is 0.263. The van der Waals surface area contributed by atoms with Gasteiger partial charge in [0.15, 0.2) is 0 Å². The first-order valence-electron chi connectivity index (χ1n) is 5.28. The number of anilines is 1. The van der Waals surface area contributed by atoms with Crippen molar-refractivity contribution in [3.63, 3.8) is 0 Å². The van der Waals surface area contributed by atoms with Crippen molar-refractivity contribution >= 4 is 29.3 Å². The number of nitriles is 1. The van der Waals surface area contributed by atoms with Crippen molar-refractivity contribution in [2.75, 3.05) is 16.8 Å². The van der Waals surface area contributed by atoms with E-state index < -0.39 is 0 Å². The Balaban J connectivity index is 2.31. The Labute approximate surface area is 109 Å². The first-order chi connectivity index (χ1) is 8.61. The molecule has 0 fully saturated rings. The van der Waals surface area contributed by atoms with Gasteiger partial charge in [-0.25, -0.2) is 0 Å². The lowest BCUT2D eigenvalue weighted by molar-refractivity contribution is -0.116. The number of thioether (sulfide) groups is 1. The molecule has 0 aliphatic rings. The van der Waals surface area contributed by atoms with Crippen LogP contribution in [-0.2, 0) is 9.59 Å². The molecule has 0 atom stereocenters. The molecule has 0 saturated carbocycles. The average Bonchev–Trinajstić information content (AvgIpc) is 2.35. The van der Waals surface area contributed by atoms with E-state index in [1.54, 1.807) is 24.3 Å². The molecule has 0 spiro atoms. The molecule has 1 aromatic rings. The summed E-state index contributed by atoms with van der Waals surface area (Å²) in [6.07, 6.45) is 0.317. The average molecular weight is 263 g/mol. The molecule has 0 bridgehead atoms. The Morgan fingerprint density at radius 2 is 2.00 bits per heavy atom. The highest BCUT2D eigenvalue weighted by atomic mass is 32.2. The molecule has 0 aromatic heterocycles. The number of benzene rings is 1. The largest absolute Gasteiger partial charge is 0.369 e. The molecular formula is C12H13N3O2S. The summed E-state index contributed by atoms with van der Waals surface area (Å²) < 4.78 is 0. The molecule has 18 heavy (non-hydrogen) atoms. The molecule has 6 heteroatoms. The number of primary amides is 1. The van der Waals surface area contributed by atoms with Gasteiger partial charge in [0.05, 0.1) is 17.4 Å². The molecule has 2 amide bonds. The molecule has 0 heterocycles. The number of hydrogen-bond acceptors (Lipinski definition) is 4. The highest BCUT2D eigenvalue weighted by molar-refractivity contribution is 7.99. The Bertz CT molecular complexity index is 465. The standard InChI is InChI=1S/C12H13N3O2S/c13-7-9-1-3-10(4-2-9)15-12(17)5-6-18-8-11(14)16/h1-4H,5-6,8H2,(H2,14,16)(H,15,17). The van der Waals surface area contributed by atoms with Crippen molar-refractivity contribution in [3.8, 4) is 6.07 Å². The minimum atomic E-state index is -0.382. The van der Waals surface area contributed by atoms with E-state index in [1.807, 2.05) is 6.07 Å². The number of rotatable bonds is 6. The molecule has 0 aliphatic carbocycles. The fourth-order valence-electron chi connectivity index (χ4n) is 1.19. The second kappa shape index (κ2) is 7.35. The number of carbonyl (C=O) groups is 2. The van der Waals surface area contributed by atoms with Crippen LogP contribution in [-0.4, -0.2) is 23.3 Å². The monoisotopic (exact) mass is 263 g/mol. The highest BCUT2D eigenvalue weighted by Crippen LogP contribution is 2.10. The van der Waals surface area contributed by atoms with Gasteiger partial charge >= 0.3 is 0 Å². The zero-order chi connectivity index (χ0) is 13.4. The zero-order valence-corrected chi connectivity index (χ0v) is 10.5. The summed E-state index contributed by atoms with van der Waals surface area (Å²) in [4.78, 5) is 22.0. The fraction of sp³-hybridized carbons (Fsp3) is 0.250. The van der Waals surface area contributed by atoms with Crippen molar-refractivity contribution in [2.24, 2.45) is 5.73 Å². The van der Waals surface area contributed by atoms with Crippen LogP contribution in [0.4, 0.5) is 5.69 Å². The van der Waals surface area contributed by atoms with Gasteiger partial charge in [-0.05, 0) is 24.3 Å². The molecule has 3 N–H and O–H groups in total. The van der Waals surface area contributed by atoms with Crippen LogP contribution >= 0.6 is 11.8 Å². The topological polar surface area (TPSA) is 96.0 Å². The second-order valence-corrected chi connectivity index (χ2v) is 4.61. The maximum Gasteiger partial charge on any atom is 0.227 e. The molecular weight excluding hydrogens is 250 g/mol. The van der Waals surface area contributed by atoms with Crippen LogP contribution in [0.1, 0.15) is 12.0 Å². The molecule has 1 aromatic carbocycles. The van der Waals surface area contributed by atoms with Crippen LogP contribution in [0.2, 0.25) is 0 Å². The third-order valence-corrected chi connectivity index (χ3v) is 3.00. The van der Waals surface area contributed by atoms with Crippen molar-refractivity contribution in [1.29, 1.82) is 5.26 Å². The van der Waals surface area contributed by atoms with Crippen LogP contribution in [0, 0.1) is 11.3 Å². The van der Waals surface area contributed by atoms with E-state index >= 15 is 0 Å². The molecule has 5 nitrogen and oxygen atoms in total. The summed E-state index contributed by atoms with van der Waals surface area (Å²) in [5.41, 5.74) is 6.17. The third kappa shape index (κ3) is 5.37. The van der Waals surface area contributed by atoms with Gasteiger partial charge in [0.1, 0.15) is 0 Å². The van der Waals surface area contributed by atoms with Gasteiger partial charge in [-0.15, -0.1) is 0 Å². The Hall–Kier alpha value is -2.00. The van der Waals surface area contributed by atoms with Gasteiger partial charge in [0.25, 0.3) is 0 Å². The quantitative estimate of drug-likeness (QED) is 0.751. The van der Waals surface area contributed by atoms with E-state index in [9.17, 15) is 9.59 Å². The van der Waals surface area contributed by atoms with Crippen LogP contribution in [0.3, 0.4) is 0 Å². The SMILES string of the molecule is N#Cc1ccc(NC(=O)CCSCC(N)=O)cc1. The van der Waals surface area contributed by atoms with Crippen molar-refractivity contribution in [2.45, 2.75) is 6.42 Å². The lowest BCUT2D eigenvalue weighted by Gasteiger charge is -2.04. The predicted octanol–water partition coefficient (Wildman–Crippen LogP) is 1.11. The highest BCUT2D eigenvalue weighted by Gasteiger charge is 2.03. The van der Waals surface area contributed by atoms with E-state index in [4.69, 9.17) is 11.0 Å². The molecule has 0 unspecified atom stereocenters.